The summed E-state index contributed by atoms with van der Waals surface area (Å²) >= 11 is 0. The van der Waals surface area contributed by atoms with E-state index >= 15 is 0 Å². The zero-order valence-corrected chi connectivity index (χ0v) is 20.9. The maximum Gasteiger partial charge on any atom is 0.176 e. The first kappa shape index (κ1) is 23.8. The lowest BCUT2D eigenvalue weighted by atomic mass is 10.0. The largest absolute Gasteiger partial charge is 0.457 e. The van der Waals surface area contributed by atoms with Gasteiger partial charge in [0.1, 0.15) is 29.3 Å². The molecule has 0 bridgehead atoms. The molecular weight excluding hydrogens is 476 g/mol. The highest BCUT2D eigenvalue weighted by Gasteiger charge is 2.27. The van der Waals surface area contributed by atoms with Gasteiger partial charge >= 0.3 is 0 Å². The number of nitrogens with zero attached hydrogens (tertiary/aromatic N) is 5. The number of benzene rings is 3. The molecule has 8 heteroatoms. The lowest BCUT2D eigenvalue weighted by Gasteiger charge is -2.32. The molecule has 8 nitrogen and oxygen atoms in total. The van der Waals surface area contributed by atoms with Crippen LogP contribution in [0.4, 0.5) is 5.82 Å². The number of Topliss-reactive ketones (excluding diaryl/α,β-unsaturated/α-hetero) is 1. The molecule has 0 amide bonds. The molecule has 0 radical (unpaired) electrons. The van der Waals surface area contributed by atoms with Crippen LogP contribution in [0.3, 0.4) is 0 Å². The van der Waals surface area contributed by atoms with Gasteiger partial charge in [-0.3, -0.25) is 9.69 Å². The van der Waals surface area contributed by atoms with E-state index in [1.807, 2.05) is 89.6 Å². The average Bonchev–Trinajstić information content (AvgIpc) is 3.36. The molecule has 0 saturated carbocycles. The summed E-state index contributed by atoms with van der Waals surface area (Å²) in [4.78, 5) is 23.9. The number of ketones is 1. The van der Waals surface area contributed by atoms with Crippen LogP contribution in [0.2, 0.25) is 0 Å². The van der Waals surface area contributed by atoms with Crippen molar-refractivity contribution in [1.82, 2.24) is 24.6 Å². The minimum absolute atomic E-state index is 0.0681. The quantitative estimate of drug-likeness (QED) is 0.297. The summed E-state index contributed by atoms with van der Waals surface area (Å²) < 4.78 is 7.92. The fourth-order valence-electron chi connectivity index (χ4n) is 5.05. The Morgan fingerprint density at radius 1 is 0.921 bits per heavy atom. The van der Waals surface area contributed by atoms with Gasteiger partial charge in [-0.15, -0.1) is 0 Å². The van der Waals surface area contributed by atoms with Gasteiger partial charge in [-0.05, 0) is 55.8 Å². The summed E-state index contributed by atoms with van der Waals surface area (Å²) in [7, 11) is 0. The van der Waals surface area contributed by atoms with Gasteiger partial charge in [0.05, 0.1) is 18.0 Å². The van der Waals surface area contributed by atoms with Crippen molar-refractivity contribution in [1.29, 1.82) is 0 Å². The van der Waals surface area contributed by atoms with Gasteiger partial charge in [-0.25, -0.2) is 14.6 Å². The van der Waals surface area contributed by atoms with Crippen molar-refractivity contribution in [3.8, 4) is 22.8 Å². The van der Waals surface area contributed by atoms with E-state index < -0.39 is 0 Å². The standard InChI is InChI=1S/C30H28N6O2/c31-29-27-28(22-13-15-25(16-14-22)38-24-11-5-2-6-12-24)34-36(30(27)33-20-32-29)23-10-7-17-35(18-23)19-26(37)21-8-3-1-4-9-21/h1-6,8-9,11-16,20,23H,7,10,17-19H2,(H2,31,32,33). The number of aromatic nitrogens is 4. The third-order valence-corrected chi connectivity index (χ3v) is 6.91. The van der Waals surface area contributed by atoms with Crippen molar-refractivity contribution < 1.29 is 9.53 Å². The molecule has 0 spiro atoms. The topological polar surface area (TPSA) is 99.2 Å². The number of rotatable bonds is 7. The van der Waals surface area contributed by atoms with Crippen molar-refractivity contribution in [3.63, 3.8) is 0 Å². The molecule has 1 aliphatic rings. The summed E-state index contributed by atoms with van der Waals surface area (Å²) in [5.41, 5.74) is 9.43. The van der Waals surface area contributed by atoms with Crippen LogP contribution in [0.15, 0.2) is 91.3 Å². The number of carbonyl (C=O) groups is 1. The van der Waals surface area contributed by atoms with Crippen LogP contribution >= 0.6 is 0 Å². The highest BCUT2D eigenvalue weighted by atomic mass is 16.5. The Bertz CT molecular complexity index is 1550. The lowest BCUT2D eigenvalue weighted by Crippen LogP contribution is -2.40. The van der Waals surface area contributed by atoms with E-state index in [2.05, 4.69) is 14.9 Å². The minimum atomic E-state index is 0.0681. The average molecular weight is 505 g/mol. The molecule has 1 atom stereocenters. The van der Waals surface area contributed by atoms with Gasteiger partial charge in [-0.2, -0.15) is 5.10 Å². The molecule has 190 valence electrons. The third kappa shape index (κ3) is 4.86. The van der Waals surface area contributed by atoms with E-state index in [4.69, 9.17) is 15.6 Å². The van der Waals surface area contributed by atoms with Gasteiger partial charge in [0.2, 0.25) is 0 Å². The molecule has 1 aliphatic heterocycles. The number of nitrogen functional groups attached to an aromatic ring is 1. The maximum absolute atomic E-state index is 12.8. The van der Waals surface area contributed by atoms with Crippen molar-refractivity contribution in [2.75, 3.05) is 25.4 Å². The van der Waals surface area contributed by atoms with Gasteiger partial charge in [-0.1, -0.05) is 48.5 Å². The van der Waals surface area contributed by atoms with Gasteiger partial charge < -0.3 is 10.5 Å². The van der Waals surface area contributed by atoms with Crippen molar-refractivity contribution in [2.24, 2.45) is 0 Å². The van der Waals surface area contributed by atoms with E-state index in [0.717, 1.165) is 53.1 Å². The normalized spacial score (nSPS) is 15.9. The van der Waals surface area contributed by atoms with E-state index in [1.54, 1.807) is 0 Å². The Kier molecular flexibility index (Phi) is 6.54. The van der Waals surface area contributed by atoms with E-state index in [-0.39, 0.29) is 11.8 Å². The summed E-state index contributed by atoms with van der Waals surface area (Å²) in [5.74, 6) is 2.04. The molecule has 2 N–H and O–H groups in total. The van der Waals surface area contributed by atoms with Crippen LogP contribution in [0.25, 0.3) is 22.3 Å². The van der Waals surface area contributed by atoms with Gasteiger partial charge in [0, 0.05) is 17.7 Å². The van der Waals surface area contributed by atoms with Crippen LogP contribution < -0.4 is 10.5 Å². The van der Waals surface area contributed by atoms with Crippen LogP contribution in [-0.2, 0) is 0 Å². The maximum atomic E-state index is 12.8. The van der Waals surface area contributed by atoms with E-state index in [0.29, 0.717) is 24.6 Å². The molecule has 1 unspecified atom stereocenters. The molecular formula is C30H28N6O2. The summed E-state index contributed by atoms with van der Waals surface area (Å²) in [5, 5.41) is 5.75. The fourth-order valence-corrected chi connectivity index (χ4v) is 5.05. The van der Waals surface area contributed by atoms with Crippen LogP contribution in [0.1, 0.15) is 29.2 Å². The predicted molar refractivity (Wildman–Crippen MR) is 147 cm³/mol. The van der Waals surface area contributed by atoms with E-state index in [9.17, 15) is 4.79 Å². The van der Waals surface area contributed by atoms with Gasteiger partial charge in [0.15, 0.2) is 11.4 Å². The Labute approximate surface area is 220 Å². The molecule has 1 saturated heterocycles. The summed E-state index contributed by atoms with van der Waals surface area (Å²) in [6.07, 6.45) is 3.39. The number of hydrogen-bond donors (Lipinski definition) is 1. The lowest BCUT2D eigenvalue weighted by molar-refractivity contribution is 0.0887. The second kappa shape index (κ2) is 10.4. The predicted octanol–water partition coefficient (Wildman–Crippen LogP) is 5.39. The number of ether oxygens (including phenoxy) is 1. The van der Waals surface area contributed by atoms with Crippen LogP contribution in [0, 0.1) is 0 Å². The first-order valence-corrected chi connectivity index (χ1v) is 12.8. The summed E-state index contributed by atoms with van der Waals surface area (Å²) in [6, 6.07) is 27.0. The van der Waals surface area contributed by atoms with Crippen molar-refractivity contribution >= 4 is 22.6 Å². The second-order valence-electron chi connectivity index (χ2n) is 9.51. The Morgan fingerprint density at radius 3 is 2.39 bits per heavy atom. The SMILES string of the molecule is Nc1ncnc2c1c(-c1ccc(Oc3ccccc3)cc1)nn2C1CCCN(CC(=O)c2ccccc2)C1. The fraction of sp³-hybridized carbons (Fsp3) is 0.200. The molecule has 3 aromatic carbocycles. The third-order valence-electron chi connectivity index (χ3n) is 6.91. The highest BCUT2D eigenvalue weighted by Crippen LogP contribution is 2.34. The molecule has 6 rings (SSSR count). The van der Waals surface area contributed by atoms with Crippen molar-refractivity contribution in [2.45, 2.75) is 18.9 Å². The van der Waals surface area contributed by atoms with Crippen molar-refractivity contribution in [3.05, 3.63) is 96.8 Å². The Morgan fingerprint density at radius 2 is 1.63 bits per heavy atom. The first-order chi connectivity index (χ1) is 18.7. The minimum Gasteiger partial charge on any atom is -0.457 e. The van der Waals surface area contributed by atoms with E-state index in [1.165, 1.54) is 6.33 Å². The number of anilines is 1. The number of carbonyl (C=O) groups excluding carboxylic acids is 1. The number of piperidine rings is 1. The number of nitrogens with two attached hydrogens (primary N) is 1. The monoisotopic (exact) mass is 504 g/mol. The number of para-hydroxylation sites is 1. The molecule has 0 aliphatic carbocycles. The Balaban J connectivity index is 1.27. The Hall–Kier alpha value is -4.56. The zero-order valence-electron chi connectivity index (χ0n) is 20.9. The smallest absolute Gasteiger partial charge is 0.176 e. The number of likely N-dealkylation sites (tertiary alicyclic amines) is 1. The van der Waals surface area contributed by atoms with Crippen LogP contribution in [0.5, 0.6) is 11.5 Å². The number of fused-ring (bicyclic) bond motifs is 1. The second-order valence-corrected chi connectivity index (χ2v) is 9.51. The molecule has 38 heavy (non-hydrogen) atoms. The van der Waals surface area contributed by atoms with Crippen LogP contribution in [-0.4, -0.2) is 50.1 Å². The first-order valence-electron chi connectivity index (χ1n) is 12.8. The molecule has 1 fully saturated rings. The number of hydrogen-bond acceptors (Lipinski definition) is 7. The molecule has 3 heterocycles. The molecule has 5 aromatic rings. The zero-order chi connectivity index (χ0) is 25.9. The van der Waals surface area contributed by atoms with Gasteiger partial charge in [0.25, 0.3) is 0 Å². The molecule has 2 aromatic heterocycles. The summed E-state index contributed by atoms with van der Waals surface area (Å²) in [6.45, 7) is 1.97. The highest BCUT2D eigenvalue weighted by molar-refractivity contribution is 5.98.